The first-order chi connectivity index (χ1) is 12.2. The molecule has 0 saturated carbocycles. The van der Waals surface area contributed by atoms with Gasteiger partial charge in [-0.3, -0.25) is 9.69 Å². The van der Waals surface area contributed by atoms with Crippen LogP contribution in [0, 0.1) is 5.82 Å². The maximum atomic E-state index is 13.8. The van der Waals surface area contributed by atoms with Gasteiger partial charge >= 0.3 is 0 Å². The molecule has 1 unspecified atom stereocenters. The summed E-state index contributed by atoms with van der Waals surface area (Å²) in [6.45, 7) is 2.43. The Bertz CT molecular complexity index is 729. The smallest absolute Gasteiger partial charge is 0.254 e. The molecule has 1 aliphatic heterocycles. The molecule has 5 heteroatoms. The van der Waals surface area contributed by atoms with E-state index in [4.69, 9.17) is 4.74 Å². The van der Waals surface area contributed by atoms with Gasteiger partial charge < -0.3 is 10.1 Å². The SMILES string of the molecule is COc1cccc(C(CNC(=O)c2ccccc2F)N2CCCC2)c1. The van der Waals surface area contributed by atoms with Crippen LogP contribution in [-0.2, 0) is 0 Å². The second-order valence-electron chi connectivity index (χ2n) is 6.23. The number of rotatable bonds is 6. The van der Waals surface area contributed by atoms with E-state index in [-0.39, 0.29) is 17.5 Å². The van der Waals surface area contributed by atoms with Crippen molar-refractivity contribution in [3.05, 3.63) is 65.5 Å². The number of carbonyl (C=O) groups excluding carboxylic acids is 1. The summed E-state index contributed by atoms with van der Waals surface area (Å²) in [7, 11) is 1.64. The molecule has 132 valence electrons. The van der Waals surface area contributed by atoms with Gasteiger partial charge in [0.1, 0.15) is 11.6 Å². The summed E-state index contributed by atoms with van der Waals surface area (Å²) in [4.78, 5) is 14.7. The van der Waals surface area contributed by atoms with E-state index < -0.39 is 5.82 Å². The predicted molar refractivity (Wildman–Crippen MR) is 95.3 cm³/mol. The van der Waals surface area contributed by atoms with Crippen molar-refractivity contribution in [2.45, 2.75) is 18.9 Å². The van der Waals surface area contributed by atoms with E-state index in [1.165, 1.54) is 12.1 Å². The third kappa shape index (κ3) is 4.17. The summed E-state index contributed by atoms with van der Waals surface area (Å²) < 4.78 is 19.1. The molecule has 25 heavy (non-hydrogen) atoms. The first-order valence-electron chi connectivity index (χ1n) is 8.60. The van der Waals surface area contributed by atoms with Crippen molar-refractivity contribution in [1.82, 2.24) is 10.2 Å². The van der Waals surface area contributed by atoms with E-state index in [1.807, 2.05) is 24.3 Å². The highest BCUT2D eigenvalue weighted by Gasteiger charge is 2.24. The lowest BCUT2D eigenvalue weighted by Gasteiger charge is -2.28. The van der Waals surface area contributed by atoms with Gasteiger partial charge in [0.25, 0.3) is 5.91 Å². The van der Waals surface area contributed by atoms with E-state index in [1.54, 1.807) is 19.2 Å². The van der Waals surface area contributed by atoms with Gasteiger partial charge in [-0.2, -0.15) is 0 Å². The van der Waals surface area contributed by atoms with Crippen molar-refractivity contribution in [2.24, 2.45) is 0 Å². The van der Waals surface area contributed by atoms with Gasteiger partial charge in [0, 0.05) is 6.54 Å². The fourth-order valence-corrected chi connectivity index (χ4v) is 3.29. The molecule has 0 bridgehead atoms. The minimum Gasteiger partial charge on any atom is -0.497 e. The third-order valence-corrected chi connectivity index (χ3v) is 4.63. The van der Waals surface area contributed by atoms with E-state index in [2.05, 4.69) is 10.2 Å². The van der Waals surface area contributed by atoms with Crippen molar-refractivity contribution in [3.63, 3.8) is 0 Å². The molecule has 1 heterocycles. The highest BCUT2D eigenvalue weighted by molar-refractivity contribution is 5.94. The zero-order valence-corrected chi connectivity index (χ0v) is 14.4. The van der Waals surface area contributed by atoms with Crippen LogP contribution in [0.25, 0.3) is 0 Å². The summed E-state index contributed by atoms with van der Waals surface area (Å²) in [5, 5.41) is 2.89. The molecule has 4 nitrogen and oxygen atoms in total. The number of benzene rings is 2. The molecule has 1 amide bonds. The van der Waals surface area contributed by atoms with Gasteiger partial charge in [-0.25, -0.2) is 4.39 Å². The Morgan fingerprint density at radius 1 is 1.20 bits per heavy atom. The molecule has 2 aromatic carbocycles. The second-order valence-corrected chi connectivity index (χ2v) is 6.23. The van der Waals surface area contributed by atoms with Crippen LogP contribution in [0.3, 0.4) is 0 Å². The van der Waals surface area contributed by atoms with Gasteiger partial charge in [-0.1, -0.05) is 24.3 Å². The van der Waals surface area contributed by atoms with E-state index in [9.17, 15) is 9.18 Å². The van der Waals surface area contributed by atoms with Crippen molar-refractivity contribution in [1.29, 1.82) is 0 Å². The van der Waals surface area contributed by atoms with Crippen LogP contribution in [-0.4, -0.2) is 37.6 Å². The maximum Gasteiger partial charge on any atom is 0.254 e. The number of hydrogen-bond acceptors (Lipinski definition) is 3. The molecule has 0 aliphatic carbocycles. The molecular weight excluding hydrogens is 319 g/mol. The van der Waals surface area contributed by atoms with E-state index >= 15 is 0 Å². The highest BCUT2D eigenvalue weighted by Crippen LogP contribution is 2.27. The molecule has 1 N–H and O–H groups in total. The normalized spacial score (nSPS) is 15.8. The number of likely N-dealkylation sites (tertiary alicyclic amines) is 1. The number of carbonyl (C=O) groups is 1. The molecule has 1 atom stereocenters. The van der Waals surface area contributed by atoms with Gasteiger partial charge in [0.15, 0.2) is 0 Å². The Balaban J connectivity index is 1.76. The third-order valence-electron chi connectivity index (χ3n) is 4.63. The van der Waals surface area contributed by atoms with Crippen LogP contribution in [0.1, 0.15) is 34.8 Å². The zero-order valence-electron chi connectivity index (χ0n) is 14.4. The Morgan fingerprint density at radius 3 is 2.68 bits per heavy atom. The zero-order chi connectivity index (χ0) is 17.6. The van der Waals surface area contributed by atoms with Crippen LogP contribution in [0.15, 0.2) is 48.5 Å². The van der Waals surface area contributed by atoms with Crippen LogP contribution in [0.5, 0.6) is 5.75 Å². The van der Waals surface area contributed by atoms with Crippen LogP contribution in [0.4, 0.5) is 4.39 Å². The average molecular weight is 342 g/mol. The Labute approximate surface area is 147 Å². The molecule has 0 aromatic heterocycles. The summed E-state index contributed by atoms with van der Waals surface area (Å²) in [5.74, 6) is -0.0913. The van der Waals surface area contributed by atoms with Crippen molar-refractivity contribution >= 4 is 5.91 Å². The minimum atomic E-state index is -0.501. The summed E-state index contributed by atoms with van der Waals surface area (Å²) in [6, 6.07) is 14.0. The summed E-state index contributed by atoms with van der Waals surface area (Å²) in [6.07, 6.45) is 2.31. The Hall–Kier alpha value is -2.40. The molecule has 1 fully saturated rings. The van der Waals surface area contributed by atoms with Crippen molar-refractivity contribution in [3.8, 4) is 5.75 Å². The fraction of sp³-hybridized carbons (Fsp3) is 0.350. The lowest BCUT2D eigenvalue weighted by atomic mass is 10.0. The Morgan fingerprint density at radius 2 is 1.96 bits per heavy atom. The average Bonchev–Trinajstić information content (AvgIpc) is 3.16. The standard InChI is InChI=1S/C20H23FN2O2/c1-25-16-8-6-7-15(13-16)19(23-11-4-5-12-23)14-22-20(24)17-9-2-3-10-18(17)21/h2-3,6-10,13,19H,4-5,11-12,14H2,1H3,(H,22,24). The first kappa shape index (κ1) is 17.4. The molecular formula is C20H23FN2O2. The van der Waals surface area contributed by atoms with Gasteiger partial charge in [-0.05, 0) is 55.8 Å². The number of halogens is 1. The van der Waals surface area contributed by atoms with Crippen molar-refractivity contribution < 1.29 is 13.9 Å². The lowest BCUT2D eigenvalue weighted by Crippen LogP contribution is -2.37. The van der Waals surface area contributed by atoms with Gasteiger partial charge in [0.2, 0.25) is 0 Å². The van der Waals surface area contributed by atoms with Gasteiger partial charge in [0.05, 0.1) is 18.7 Å². The van der Waals surface area contributed by atoms with Crippen molar-refractivity contribution in [2.75, 3.05) is 26.7 Å². The summed E-state index contributed by atoms with van der Waals surface area (Å²) in [5.41, 5.74) is 1.17. The monoisotopic (exact) mass is 342 g/mol. The number of amides is 1. The quantitative estimate of drug-likeness (QED) is 0.875. The Kier molecular flexibility index (Phi) is 5.66. The minimum absolute atomic E-state index is 0.0494. The van der Waals surface area contributed by atoms with E-state index in [0.717, 1.165) is 37.2 Å². The number of nitrogens with zero attached hydrogens (tertiary/aromatic N) is 1. The van der Waals surface area contributed by atoms with Crippen LogP contribution < -0.4 is 10.1 Å². The number of ether oxygens (including phenoxy) is 1. The molecule has 1 aliphatic rings. The maximum absolute atomic E-state index is 13.8. The predicted octanol–water partition coefficient (Wildman–Crippen LogP) is 3.40. The largest absolute Gasteiger partial charge is 0.497 e. The number of nitrogens with one attached hydrogen (secondary N) is 1. The fourth-order valence-electron chi connectivity index (χ4n) is 3.29. The van der Waals surface area contributed by atoms with Gasteiger partial charge in [-0.15, -0.1) is 0 Å². The number of methoxy groups -OCH3 is 1. The lowest BCUT2D eigenvalue weighted by molar-refractivity contribution is 0.0934. The molecule has 2 aromatic rings. The molecule has 3 rings (SSSR count). The second kappa shape index (κ2) is 8.12. The molecule has 0 radical (unpaired) electrons. The number of hydrogen-bond donors (Lipinski definition) is 1. The van der Waals surface area contributed by atoms with E-state index in [0.29, 0.717) is 6.54 Å². The highest BCUT2D eigenvalue weighted by atomic mass is 19.1. The van der Waals surface area contributed by atoms with Crippen LogP contribution in [0.2, 0.25) is 0 Å². The first-order valence-corrected chi connectivity index (χ1v) is 8.60. The topological polar surface area (TPSA) is 41.6 Å². The van der Waals surface area contributed by atoms with Crippen LogP contribution >= 0.6 is 0 Å². The molecule has 1 saturated heterocycles. The molecule has 0 spiro atoms. The summed E-state index contributed by atoms with van der Waals surface area (Å²) >= 11 is 0.